The molecule has 0 N–H and O–H groups in total. The van der Waals surface area contributed by atoms with E-state index in [1.54, 1.807) is 19.1 Å². The Morgan fingerprint density at radius 1 is 1.56 bits per heavy atom. The zero-order chi connectivity index (χ0) is 13.5. The van der Waals surface area contributed by atoms with Crippen LogP contribution in [0.25, 0.3) is 6.08 Å². The number of unbranched alkanes of at least 4 members (excludes halogenated alkanes) is 1. The van der Waals surface area contributed by atoms with Crippen LogP contribution in [0.2, 0.25) is 5.02 Å². The molecule has 98 valence electrons. The molecule has 0 saturated heterocycles. The van der Waals surface area contributed by atoms with Gasteiger partial charge in [-0.25, -0.2) is 4.79 Å². The number of nitrogens with zero attached hydrogens (tertiary/aromatic N) is 1. The fraction of sp³-hybridized carbons (Fsp3) is 0.357. The molecule has 0 amide bonds. The van der Waals surface area contributed by atoms with Gasteiger partial charge in [-0.1, -0.05) is 24.3 Å². The Labute approximate surface area is 113 Å². The van der Waals surface area contributed by atoms with E-state index in [0.717, 1.165) is 18.5 Å². The van der Waals surface area contributed by atoms with Gasteiger partial charge in [0.1, 0.15) is 5.69 Å². The minimum atomic E-state index is -0.394. The van der Waals surface area contributed by atoms with E-state index in [0.29, 0.717) is 23.9 Å². The molecule has 0 fully saturated rings. The average molecular weight is 268 g/mol. The summed E-state index contributed by atoms with van der Waals surface area (Å²) >= 11 is 6.08. The molecule has 0 aliphatic carbocycles. The van der Waals surface area contributed by atoms with Gasteiger partial charge in [-0.05, 0) is 31.9 Å². The Bertz CT molecular complexity index is 449. The molecule has 0 saturated carbocycles. The number of aromatic nitrogens is 1. The number of carbonyl (C=O) groups excluding carboxylic acids is 1. The van der Waals surface area contributed by atoms with Crippen molar-refractivity contribution in [1.82, 2.24) is 4.57 Å². The molecule has 0 bridgehead atoms. The summed E-state index contributed by atoms with van der Waals surface area (Å²) in [6.45, 7) is 10.2. The molecule has 1 aromatic rings. The van der Waals surface area contributed by atoms with Crippen molar-refractivity contribution in [2.45, 2.75) is 26.3 Å². The summed E-state index contributed by atoms with van der Waals surface area (Å²) < 4.78 is 6.86. The van der Waals surface area contributed by atoms with E-state index in [4.69, 9.17) is 16.3 Å². The summed E-state index contributed by atoms with van der Waals surface area (Å²) in [5.41, 5.74) is 1.23. The first-order valence-corrected chi connectivity index (χ1v) is 6.33. The van der Waals surface area contributed by atoms with Gasteiger partial charge in [0.15, 0.2) is 0 Å². The van der Waals surface area contributed by atoms with E-state index < -0.39 is 5.97 Å². The van der Waals surface area contributed by atoms with Crippen LogP contribution in [-0.2, 0) is 11.3 Å². The molecule has 18 heavy (non-hydrogen) atoms. The van der Waals surface area contributed by atoms with Crippen molar-refractivity contribution in [2.75, 3.05) is 6.61 Å². The smallest absolute Gasteiger partial charge is 0.356 e. The lowest BCUT2D eigenvalue weighted by atomic mass is 10.3. The SMILES string of the molecule is C=CCCCn1c(C=C)cc(Cl)c1C(=O)OCC. The minimum Gasteiger partial charge on any atom is -0.461 e. The number of esters is 1. The maximum absolute atomic E-state index is 11.9. The Balaban J connectivity index is 3.05. The number of allylic oxidation sites excluding steroid dienone is 1. The molecule has 0 unspecified atom stereocenters. The van der Waals surface area contributed by atoms with E-state index in [1.807, 2.05) is 10.6 Å². The Kier molecular flexibility index (Phi) is 5.72. The quantitative estimate of drug-likeness (QED) is 0.426. The number of hydrogen-bond acceptors (Lipinski definition) is 2. The van der Waals surface area contributed by atoms with Gasteiger partial charge in [-0.15, -0.1) is 6.58 Å². The second kappa shape index (κ2) is 7.07. The number of carbonyl (C=O) groups is 1. The molecule has 1 aromatic heterocycles. The fourth-order valence-corrected chi connectivity index (χ4v) is 2.04. The van der Waals surface area contributed by atoms with Crippen LogP contribution in [0.15, 0.2) is 25.3 Å². The van der Waals surface area contributed by atoms with Crippen LogP contribution in [0, 0.1) is 0 Å². The van der Waals surface area contributed by atoms with E-state index in [-0.39, 0.29) is 0 Å². The van der Waals surface area contributed by atoms with Gasteiger partial charge < -0.3 is 9.30 Å². The van der Waals surface area contributed by atoms with Crippen LogP contribution in [0.4, 0.5) is 0 Å². The highest BCUT2D eigenvalue weighted by atomic mass is 35.5. The fourth-order valence-electron chi connectivity index (χ4n) is 1.75. The summed E-state index contributed by atoms with van der Waals surface area (Å²) in [5.74, 6) is -0.394. The van der Waals surface area contributed by atoms with Gasteiger partial charge in [0.25, 0.3) is 0 Å². The maximum Gasteiger partial charge on any atom is 0.356 e. The van der Waals surface area contributed by atoms with Crippen LogP contribution in [-0.4, -0.2) is 17.1 Å². The van der Waals surface area contributed by atoms with Crippen molar-refractivity contribution in [1.29, 1.82) is 0 Å². The topological polar surface area (TPSA) is 31.2 Å². The van der Waals surface area contributed by atoms with Crippen molar-refractivity contribution in [3.05, 3.63) is 41.7 Å². The van der Waals surface area contributed by atoms with Crippen molar-refractivity contribution in [3.8, 4) is 0 Å². The predicted octanol–water partition coefficient (Wildman–Crippen LogP) is 3.93. The van der Waals surface area contributed by atoms with Gasteiger partial charge >= 0.3 is 5.97 Å². The molecule has 0 aliphatic heterocycles. The normalized spacial score (nSPS) is 10.1. The molecule has 1 rings (SSSR count). The predicted molar refractivity (Wildman–Crippen MR) is 74.9 cm³/mol. The van der Waals surface area contributed by atoms with E-state index >= 15 is 0 Å². The molecule has 1 heterocycles. The molecule has 0 aromatic carbocycles. The number of hydrogen-bond donors (Lipinski definition) is 0. The lowest BCUT2D eigenvalue weighted by Crippen LogP contribution is -2.13. The first kappa shape index (κ1) is 14.6. The summed E-state index contributed by atoms with van der Waals surface area (Å²) in [6.07, 6.45) is 5.31. The third-order valence-corrected chi connectivity index (χ3v) is 2.84. The molecule has 4 heteroatoms. The molecule has 0 radical (unpaired) electrons. The standard InChI is InChI=1S/C14H18ClNO2/c1-4-7-8-9-16-11(5-2)10-12(15)13(16)14(17)18-6-3/h4-5,10H,1-2,6-9H2,3H3. The van der Waals surface area contributed by atoms with Gasteiger partial charge in [-0.2, -0.15) is 0 Å². The lowest BCUT2D eigenvalue weighted by Gasteiger charge is -2.10. The maximum atomic E-state index is 11.9. The average Bonchev–Trinajstić information content (AvgIpc) is 2.66. The van der Waals surface area contributed by atoms with Crippen molar-refractivity contribution < 1.29 is 9.53 Å². The van der Waals surface area contributed by atoms with Crippen molar-refractivity contribution in [3.63, 3.8) is 0 Å². The van der Waals surface area contributed by atoms with Crippen molar-refractivity contribution >= 4 is 23.6 Å². The van der Waals surface area contributed by atoms with Crippen molar-refractivity contribution in [2.24, 2.45) is 0 Å². The summed E-state index contributed by atoms with van der Waals surface area (Å²) in [6, 6.07) is 1.73. The molecule has 0 aliphatic rings. The highest BCUT2D eigenvalue weighted by molar-refractivity contribution is 6.33. The van der Waals surface area contributed by atoms with E-state index in [1.165, 1.54) is 0 Å². The molecule has 0 atom stereocenters. The first-order chi connectivity index (χ1) is 8.65. The van der Waals surface area contributed by atoms with Gasteiger partial charge in [0.2, 0.25) is 0 Å². The highest BCUT2D eigenvalue weighted by Crippen LogP contribution is 2.24. The Hall–Kier alpha value is -1.48. The van der Waals surface area contributed by atoms with Crippen LogP contribution in [0.1, 0.15) is 35.9 Å². The van der Waals surface area contributed by atoms with E-state index in [2.05, 4.69) is 13.2 Å². The number of ether oxygens (including phenoxy) is 1. The summed E-state index contributed by atoms with van der Waals surface area (Å²) in [5, 5.41) is 0.405. The van der Waals surface area contributed by atoms with E-state index in [9.17, 15) is 4.79 Å². The van der Waals surface area contributed by atoms with Gasteiger partial charge in [-0.3, -0.25) is 0 Å². The number of rotatable bonds is 7. The molecule has 0 spiro atoms. The third kappa shape index (κ3) is 3.26. The molecule has 3 nitrogen and oxygen atoms in total. The number of halogens is 1. The lowest BCUT2D eigenvalue weighted by molar-refractivity contribution is 0.0513. The second-order valence-corrected chi connectivity index (χ2v) is 4.18. The van der Waals surface area contributed by atoms with Crippen LogP contribution in [0.5, 0.6) is 0 Å². The highest BCUT2D eigenvalue weighted by Gasteiger charge is 2.19. The van der Waals surface area contributed by atoms with Gasteiger partial charge in [0, 0.05) is 12.2 Å². The van der Waals surface area contributed by atoms with Crippen LogP contribution < -0.4 is 0 Å². The largest absolute Gasteiger partial charge is 0.461 e. The monoisotopic (exact) mass is 267 g/mol. The van der Waals surface area contributed by atoms with Gasteiger partial charge in [0.05, 0.1) is 11.6 Å². The van der Waals surface area contributed by atoms with Crippen LogP contribution >= 0.6 is 11.6 Å². The zero-order valence-corrected chi connectivity index (χ0v) is 11.4. The molecular weight excluding hydrogens is 250 g/mol. The minimum absolute atomic E-state index is 0.330. The zero-order valence-electron chi connectivity index (χ0n) is 10.6. The Morgan fingerprint density at radius 2 is 2.28 bits per heavy atom. The summed E-state index contributed by atoms with van der Waals surface area (Å²) in [4.78, 5) is 11.9. The second-order valence-electron chi connectivity index (χ2n) is 3.77. The molecular formula is C14H18ClNO2. The summed E-state index contributed by atoms with van der Waals surface area (Å²) in [7, 11) is 0. The Morgan fingerprint density at radius 3 is 2.83 bits per heavy atom. The van der Waals surface area contributed by atoms with Crippen LogP contribution in [0.3, 0.4) is 0 Å². The first-order valence-electron chi connectivity index (χ1n) is 5.95. The third-order valence-electron chi connectivity index (χ3n) is 2.55.